The summed E-state index contributed by atoms with van der Waals surface area (Å²) in [5.41, 5.74) is 0.880. The minimum absolute atomic E-state index is 0.0346. The van der Waals surface area contributed by atoms with E-state index in [2.05, 4.69) is 6.58 Å². The maximum Gasteiger partial charge on any atom is 0.414 e. The van der Waals surface area contributed by atoms with Crippen molar-refractivity contribution in [1.82, 2.24) is 0 Å². The lowest BCUT2D eigenvalue weighted by Gasteiger charge is -2.52. The molecule has 3 aliphatic heterocycles. The molecule has 1 N–H and O–H groups in total. The molecule has 0 saturated carbocycles. The van der Waals surface area contributed by atoms with E-state index in [9.17, 15) is 9.90 Å². The van der Waals surface area contributed by atoms with Crippen LogP contribution >= 0.6 is 0 Å². The van der Waals surface area contributed by atoms with E-state index in [1.165, 1.54) is 0 Å². The quantitative estimate of drug-likeness (QED) is 0.275. The molecule has 0 spiro atoms. The summed E-state index contributed by atoms with van der Waals surface area (Å²) >= 11 is 0. The first-order valence-electron chi connectivity index (χ1n) is 12.5. The van der Waals surface area contributed by atoms with E-state index in [0.717, 1.165) is 68.5 Å². The highest BCUT2D eigenvalue weighted by Gasteiger charge is 2.47. The van der Waals surface area contributed by atoms with E-state index in [1.54, 1.807) is 23.1 Å². The zero-order valence-corrected chi connectivity index (χ0v) is 20.0. The summed E-state index contributed by atoms with van der Waals surface area (Å²) in [6.07, 6.45) is 6.49. The molecular weight excluding hydrogens is 428 g/mol. The summed E-state index contributed by atoms with van der Waals surface area (Å²) in [7, 11) is 0. The number of piperidine rings is 3. The number of benzene rings is 2. The number of unbranched alkanes of at least 4 members (excludes halogenated alkanes) is 1. The Labute approximate surface area is 203 Å². The smallest absolute Gasteiger partial charge is 0.414 e. The molecule has 0 aliphatic carbocycles. The molecule has 0 unspecified atom stereocenters. The van der Waals surface area contributed by atoms with E-state index >= 15 is 0 Å². The van der Waals surface area contributed by atoms with Gasteiger partial charge in [-0.05, 0) is 37.1 Å². The first-order valence-corrected chi connectivity index (χ1v) is 12.5. The van der Waals surface area contributed by atoms with Crippen molar-refractivity contribution in [3.63, 3.8) is 0 Å². The molecule has 2 aromatic carbocycles. The number of phenolic OH excluding ortho intramolecular Hbond substituents is 1. The summed E-state index contributed by atoms with van der Waals surface area (Å²) in [5.74, 6) is 1.37. The van der Waals surface area contributed by atoms with E-state index in [-0.39, 0.29) is 17.9 Å². The van der Waals surface area contributed by atoms with Gasteiger partial charge in [0.1, 0.15) is 18.0 Å². The van der Waals surface area contributed by atoms with Gasteiger partial charge in [0.2, 0.25) is 0 Å². The van der Waals surface area contributed by atoms with Gasteiger partial charge in [0.25, 0.3) is 0 Å². The number of carbonyl (C=O) groups is 1. The Morgan fingerprint density at radius 1 is 1.12 bits per heavy atom. The van der Waals surface area contributed by atoms with Crippen molar-refractivity contribution >= 4 is 11.8 Å². The fraction of sp³-hybridized carbons (Fsp3) is 0.464. The molecule has 0 aromatic heterocycles. The van der Waals surface area contributed by atoms with Crippen molar-refractivity contribution in [3.8, 4) is 11.5 Å². The molecule has 2 bridgehead atoms. The average Bonchev–Trinajstić information content (AvgIpc) is 2.86. The van der Waals surface area contributed by atoms with Gasteiger partial charge < -0.3 is 19.1 Å². The molecule has 6 heteroatoms. The van der Waals surface area contributed by atoms with Crippen LogP contribution in [0.3, 0.4) is 0 Å². The number of allylic oxidation sites excluding steroid dienone is 1. The number of hydrogen-bond acceptors (Lipinski definition) is 4. The zero-order valence-electron chi connectivity index (χ0n) is 20.0. The molecular formula is C28H37N2O4+. The number of anilines is 1. The second-order valence-corrected chi connectivity index (χ2v) is 9.57. The van der Waals surface area contributed by atoms with Gasteiger partial charge in [0, 0.05) is 43.5 Å². The summed E-state index contributed by atoms with van der Waals surface area (Å²) < 4.78 is 13.0. The van der Waals surface area contributed by atoms with Gasteiger partial charge in [0.05, 0.1) is 26.2 Å². The molecule has 3 aliphatic rings. The summed E-state index contributed by atoms with van der Waals surface area (Å²) in [6.45, 7) is 9.23. The monoisotopic (exact) mass is 465 g/mol. The van der Waals surface area contributed by atoms with Gasteiger partial charge in [0.15, 0.2) is 6.10 Å². The predicted octanol–water partition coefficient (Wildman–Crippen LogP) is 5.38. The maximum absolute atomic E-state index is 13.3. The highest BCUT2D eigenvalue weighted by molar-refractivity contribution is 5.87. The largest absolute Gasteiger partial charge is 0.508 e. The summed E-state index contributed by atoms with van der Waals surface area (Å²) in [5, 5.41) is 9.60. The first-order chi connectivity index (χ1) is 16.6. The fourth-order valence-corrected chi connectivity index (χ4v) is 5.35. The first kappa shape index (κ1) is 24.1. The van der Waals surface area contributed by atoms with Crippen LogP contribution in [0.2, 0.25) is 0 Å². The highest BCUT2D eigenvalue weighted by Crippen LogP contribution is 2.36. The molecule has 5 rings (SSSR count). The third kappa shape index (κ3) is 6.11. The van der Waals surface area contributed by atoms with Crippen molar-refractivity contribution in [2.45, 2.75) is 38.2 Å². The molecule has 3 saturated heterocycles. The van der Waals surface area contributed by atoms with Crippen molar-refractivity contribution in [2.75, 3.05) is 44.2 Å². The van der Waals surface area contributed by atoms with Gasteiger partial charge in [-0.25, -0.2) is 4.79 Å². The predicted molar refractivity (Wildman–Crippen MR) is 134 cm³/mol. The van der Waals surface area contributed by atoms with Crippen LogP contribution in [-0.2, 0) is 4.74 Å². The van der Waals surface area contributed by atoms with Gasteiger partial charge in [-0.1, -0.05) is 30.3 Å². The van der Waals surface area contributed by atoms with Gasteiger partial charge >= 0.3 is 6.09 Å². The van der Waals surface area contributed by atoms with Gasteiger partial charge in [-0.15, -0.1) is 6.58 Å². The average molecular weight is 466 g/mol. The topological polar surface area (TPSA) is 59.0 Å². The van der Waals surface area contributed by atoms with E-state index in [1.807, 2.05) is 42.5 Å². The van der Waals surface area contributed by atoms with E-state index in [0.29, 0.717) is 24.8 Å². The maximum atomic E-state index is 13.3. The summed E-state index contributed by atoms with van der Waals surface area (Å²) in [6, 6.07) is 16.7. The molecule has 3 heterocycles. The lowest BCUT2D eigenvalue weighted by atomic mass is 9.83. The number of quaternary nitrogens is 1. The number of carbonyl (C=O) groups excluding carboxylic acids is 1. The Hall–Kier alpha value is -2.99. The van der Waals surface area contributed by atoms with Crippen molar-refractivity contribution in [1.29, 1.82) is 0 Å². The van der Waals surface area contributed by atoms with Crippen LogP contribution in [-0.4, -0.2) is 61.1 Å². The minimum atomic E-state index is -0.237. The molecule has 3 fully saturated rings. The molecule has 0 radical (unpaired) electrons. The van der Waals surface area contributed by atoms with Gasteiger partial charge in [-0.2, -0.15) is 0 Å². The minimum Gasteiger partial charge on any atom is -0.508 e. The van der Waals surface area contributed by atoms with Crippen LogP contribution in [0, 0.1) is 5.92 Å². The number of para-hydroxylation sites is 1. The number of phenols is 1. The van der Waals surface area contributed by atoms with Crippen LogP contribution in [0.25, 0.3) is 0 Å². The molecule has 182 valence electrons. The lowest BCUT2D eigenvalue weighted by molar-refractivity contribution is -0.946. The molecule has 1 amide bonds. The van der Waals surface area contributed by atoms with Crippen LogP contribution < -0.4 is 9.64 Å². The summed E-state index contributed by atoms with van der Waals surface area (Å²) in [4.78, 5) is 15.0. The van der Waals surface area contributed by atoms with Crippen LogP contribution in [0.5, 0.6) is 11.5 Å². The Bertz CT molecular complexity index is 940. The molecule has 34 heavy (non-hydrogen) atoms. The van der Waals surface area contributed by atoms with Crippen LogP contribution in [0.15, 0.2) is 67.3 Å². The third-order valence-corrected chi connectivity index (χ3v) is 7.24. The van der Waals surface area contributed by atoms with Gasteiger partial charge in [-0.3, -0.25) is 4.90 Å². The second kappa shape index (κ2) is 11.4. The normalized spacial score (nSPS) is 23.3. The molecule has 1 atom stereocenters. The standard InChI is InChI=1S/C28H36N2O4/c1-2-3-7-16-29(24-10-5-4-6-11-24)28(32)34-27-22-30(18-14-23(27)15-19-30)17-9-20-33-26-13-8-12-25(31)21-26/h2,4-6,8,10-13,21,23,27H,1,3,7,9,14-20,22H2/p+1/t23?,27-,30?/m0/s1. The number of amides is 1. The van der Waals surface area contributed by atoms with Crippen molar-refractivity contribution in [3.05, 3.63) is 67.3 Å². The van der Waals surface area contributed by atoms with E-state index < -0.39 is 0 Å². The highest BCUT2D eigenvalue weighted by atomic mass is 16.6. The fourth-order valence-electron chi connectivity index (χ4n) is 5.35. The number of rotatable bonds is 11. The number of ether oxygens (including phenoxy) is 2. The SMILES string of the molecule is C=CCCCN(C(=O)O[C@H]1C[N+]2(CCCOc3cccc(O)c3)CCC1CC2)c1ccccc1. The third-order valence-electron chi connectivity index (χ3n) is 7.24. The molecule has 2 aromatic rings. The van der Waals surface area contributed by atoms with Crippen LogP contribution in [0.4, 0.5) is 10.5 Å². The number of aromatic hydroxyl groups is 1. The zero-order chi connectivity index (χ0) is 23.8. The number of hydrogen-bond donors (Lipinski definition) is 1. The number of nitrogens with zero attached hydrogens (tertiary/aromatic N) is 2. The second-order valence-electron chi connectivity index (χ2n) is 9.57. The number of fused-ring (bicyclic) bond motifs is 3. The Balaban J connectivity index is 1.33. The lowest BCUT2D eigenvalue weighted by Crippen LogP contribution is -2.65. The van der Waals surface area contributed by atoms with Crippen LogP contribution in [0.1, 0.15) is 32.1 Å². The van der Waals surface area contributed by atoms with Crippen molar-refractivity contribution in [2.24, 2.45) is 5.92 Å². The Kier molecular flexibility index (Phi) is 8.12. The Morgan fingerprint density at radius 3 is 2.65 bits per heavy atom. The Morgan fingerprint density at radius 2 is 1.91 bits per heavy atom. The van der Waals surface area contributed by atoms with Crippen molar-refractivity contribution < 1.29 is 23.9 Å². The molecule has 6 nitrogen and oxygen atoms in total. The van der Waals surface area contributed by atoms with E-state index in [4.69, 9.17) is 9.47 Å².